The first kappa shape index (κ1) is 14.5. The standard InChI is InChI=1S/C16H12FNO3/c17-13-8-4-5-11(9-13)10-14(16(20)21)18-15(19)12-6-2-1-3-7-12/h1-10H,(H,18,19)(H,20,21)/b14-10-. The minimum absolute atomic E-state index is 0.325. The molecule has 0 aliphatic rings. The van der Waals surface area contributed by atoms with Gasteiger partial charge in [-0.1, -0.05) is 30.3 Å². The van der Waals surface area contributed by atoms with Gasteiger partial charge < -0.3 is 10.4 Å². The Balaban J connectivity index is 2.24. The molecular weight excluding hydrogens is 273 g/mol. The molecule has 2 rings (SSSR count). The molecule has 21 heavy (non-hydrogen) atoms. The van der Waals surface area contributed by atoms with Crippen molar-refractivity contribution in [3.05, 3.63) is 77.2 Å². The molecule has 0 unspecified atom stereocenters. The SMILES string of the molecule is O=C(O)/C(=C/c1cccc(F)c1)NC(=O)c1ccccc1. The molecule has 4 nitrogen and oxygen atoms in total. The van der Waals surface area contributed by atoms with E-state index in [1.807, 2.05) is 0 Å². The molecular formula is C16H12FNO3. The number of carboxylic acids is 1. The Morgan fingerprint density at radius 2 is 1.76 bits per heavy atom. The molecule has 0 fully saturated rings. The third kappa shape index (κ3) is 4.01. The highest BCUT2D eigenvalue weighted by atomic mass is 19.1. The van der Waals surface area contributed by atoms with Crippen LogP contribution in [0.4, 0.5) is 4.39 Å². The Hall–Kier alpha value is -2.95. The highest BCUT2D eigenvalue weighted by molar-refractivity contribution is 6.02. The second kappa shape index (κ2) is 6.47. The quantitative estimate of drug-likeness (QED) is 0.849. The number of aliphatic carboxylic acids is 1. The van der Waals surface area contributed by atoms with Crippen molar-refractivity contribution in [1.82, 2.24) is 5.32 Å². The first-order valence-electron chi connectivity index (χ1n) is 6.13. The van der Waals surface area contributed by atoms with Crippen molar-refractivity contribution in [2.45, 2.75) is 0 Å². The van der Waals surface area contributed by atoms with Crippen LogP contribution in [0.5, 0.6) is 0 Å². The van der Waals surface area contributed by atoms with Gasteiger partial charge in [-0.05, 0) is 35.9 Å². The van der Waals surface area contributed by atoms with E-state index in [9.17, 15) is 14.0 Å². The molecule has 0 radical (unpaired) electrons. The number of amides is 1. The highest BCUT2D eigenvalue weighted by Gasteiger charge is 2.13. The molecule has 0 aliphatic carbocycles. The van der Waals surface area contributed by atoms with E-state index in [2.05, 4.69) is 5.32 Å². The summed E-state index contributed by atoms with van der Waals surface area (Å²) in [6, 6.07) is 13.7. The van der Waals surface area contributed by atoms with Gasteiger partial charge in [0.1, 0.15) is 11.5 Å². The van der Waals surface area contributed by atoms with Crippen LogP contribution >= 0.6 is 0 Å². The molecule has 0 aliphatic heterocycles. The minimum atomic E-state index is -1.30. The predicted octanol–water partition coefficient (Wildman–Crippen LogP) is 2.68. The molecule has 2 N–H and O–H groups in total. The van der Waals surface area contributed by atoms with Crippen LogP contribution in [0, 0.1) is 5.82 Å². The lowest BCUT2D eigenvalue weighted by Crippen LogP contribution is -2.27. The number of halogens is 1. The lowest BCUT2D eigenvalue weighted by atomic mass is 10.1. The van der Waals surface area contributed by atoms with Crippen molar-refractivity contribution in [3.63, 3.8) is 0 Å². The molecule has 0 heterocycles. The third-order valence-electron chi connectivity index (χ3n) is 2.67. The van der Waals surface area contributed by atoms with Gasteiger partial charge in [-0.15, -0.1) is 0 Å². The molecule has 106 valence electrons. The second-order valence-corrected chi connectivity index (χ2v) is 4.24. The van der Waals surface area contributed by atoms with Crippen molar-refractivity contribution in [2.24, 2.45) is 0 Å². The van der Waals surface area contributed by atoms with Crippen molar-refractivity contribution in [1.29, 1.82) is 0 Å². The number of nitrogens with one attached hydrogen (secondary N) is 1. The molecule has 0 aromatic heterocycles. The van der Waals surface area contributed by atoms with Crippen LogP contribution in [-0.2, 0) is 4.79 Å². The summed E-state index contributed by atoms with van der Waals surface area (Å²) in [5, 5.41) is 11.4. The van der Waals surface area contributed by atoms with Crippen LogP contribution in [0.3, 0.4) is 0 Å². The Bertz CT molecular complexity index is 696. The molecule has 2 aromatic carbocycles. The molecule has 5 heteroatoms. The van der Waals surface area contributed by atoms with Gasteiger partial charge in [0, 0.05) is 5.56 Å². The largest absolute Gasteiger partial charge is 0.477 e. The smallest absolute Gasteiger partial charge is 0.352 e. The van der Waals surface area contributed by atoms with Crippen molar-refractivity contribution >= 4 is 18.0 Å². The van der Waals surface area contributed by atoms with Gasteiger partial charge in [0.25, 0.3) is 5.91 Å². The normalized spacial score (nSPS) is 11.0. The van der Waals surface area contributed by atoms with Crippen LogP contribution in [0.15, 0.2) is 60.3 Å². The van der Waals surface area contributed by atoms with Gasteiger partial charge in [-0.3, -0.25) is 4.79 Å². The first-order valence-corrected chi connectivity index (χ1v) is 6.13. The lowest BCUT2D eigenvalue weighted by Gasteiger charge is -2.06. The van der Waals surface area contributed by atoms with Crippen molar-refractivity contribution < 1.29 is 19.1 Å². The maximum atomic E-state index is 13.1. The maximum Gasteiger partial charge on any atom is 0.352 e. The molecule has 0 bridgehead atoms. The van der Waals surface area contributed by atoms with Gasteiger partial charge in [-0.2, -0.15) is 0 Å². The van der Waals surface area contributed by atoms with Gasteiger partial charge in [0.2, 0.25) is 0 Å². The molecule has 0 spiro atoms. The average Bonchev–Trinajstić information content (AvgIpc) is 2.47. The number of carbonyl (C=O) groups is 2. The summed E-state index contributed by atoms with van der Waals surface area (Å²) in [5.74, 6) is -2.33. The Kier molecular flexibility index (Phi) is 4.46. The van der Waals surface area contributed by atoms with Crippen LogP contribution in [0.1, 0.15) is 15.9 Å². The summed E-state index contributed by atoms with van der Waals surface area (Å²) in [4.78, 5) is 23.1. The van der Waals surface area contributed by atoms with E-state index in [4.69, 9.17) is 5.11 Å². The van der Waals surface area contributed by atoms with E-state index in [-0.39, 0.29) is 5.70 Å². The summed E-state index contributed by atoms with van der Waals surface area (Å²) < 4.78 is 13.1. The van der Waals surface area contributed by atoms with Crippen LogP contribution in [0.25, 0.3) is 6.08 Å². The zero-order valence-electron chi connectivity index (χ0n) is 10.9. The lowest BCUT2D eigenvalue weighted by molar-refractivity contribution is -0.132. The third-order valence-corrected chi connectivity index (χ3v) is 2.67. The summed E-state index contributed by atoms with van der Waals surface area (Å²) in [7, 11) is 0. The fourth-order valence-electron chi connectivity index (χ4n) is 1.70. The number of rotatable bonds is 4. The Labute approximate surface area is 120 Å². The zero-order chi connectivity index (χ0) is 15.2. The Morgan fingerprint density at radius 3 is 2.38 bits per heavy atom. The van der Waals surface area contributed by atoms with E-state index in [1.165, 1.54) is 24.3 Å². The molecule has 1 amide bonds. The zero-order valence-corrected chi connectivity index (χ0v) is 10.9. The van der Waals surface area contributed by atoms with Gasteiger partial charge in [-0.25, -0.2) is 9.18 Å². The summed E-state index contributed by atoms with van der Waals surface area (Å²) in [6.07, 6.45) is 1.20. The number of hydrogen-bond donors (Lipinski definition) is 2. The molecule has 2 aromatic rings. The van der Waals surface area contributed by atoms with E-state index >= 15 is 0 Å². The predicted molar refractivity (Wildman–Crippen MR) is 75.9 cm³/mol. The summed E-state index contributed by atoms with van der Waals surface area (Å²) in [5.41, 5.74) is 0.360. The van der Waals surface area contributed by atoms with Crippen LogP contribution in [-0.4, -0.2) is 17.0 Å². The fourth-order valence-corrected chi connectivity index (χ4v) is 1.70. The van der Waals surface area contributed by atoms with E-state index < -0.39 is 17.7 Å². The van der Waals surface area contributed by atoms with Gasteiger partial charge in [0.15, 0.2) is 0 Å². The first-order chi connectivity index (χ1) is 10.1. The van der Waals surface area contributed by atoms with E-state index in [1.54, 1.807) is 36.4 Å². The average molecular weight is 285 g/mol. The minimum Gasteiger partial charge on any atom is -0.477 e. The number of carbonyl (C=O) groups excluding carboxylic acids is 1. The number of hydrogen-bond acceptors (Lipinski definition) is 2. The fraction of sp³-hybridized carbons (Fsp3) is 0. The maximum absolute atomic E-state index is 13.1. The van der Waals surface area contributed by atoms with Crippen LogP contribution in [0.2, 0.25) is 0 Å². The molecule has 0 atom stereocenters. The van der Waals surface area contributed by atoms with Crippen molar-refractivity contribution in [3.8, 4) is 0 Å². The van der Waals surface area contributed by atoms with E-state index in [0.717, 1.165) is 0 Å². The highest BCUT2D eigenvalue weighted by Crippen LogP contribution is 2.09. The topological polar surface area (TPSA) is 66.4 Å². The van der Waals surface area contributed by atoms with Gasteiger partial charge in [0.05, 0.1) is 0 Å². The summed E-state index contributed by atoms with van der Waals surface area (Å²) in [6.45, 7) is 0. The second-order valence-electron chi connectivity index (χ2n) is 4.24. The molecule has 0 saturated heterocycles. The van der Waals surface area contributed by atoms with Crippen molar-refractivity contribution in [2.75, 3.05) is 0 Å². The number of benzene rings is 2. The number of carboxylic acid groups (broad SMARTS) is 1. The summed E-state index contributed by atoms with van der Waals surface area (Å²) >= 11 is 0. The molecule has 0 saturated carbocycles. The monoisotopic (exact) mass is 285 g/mol. The van der Waals surface area contributed by atoms with E-state index in [0.29, 0.717) is 11.1 Å². The van der Waals surface area contributed by atoms with Gasteiger partial charge >= 0.3 is 5.97 Å². The Morgan fingerprint density at radius 1 is 1.05 bits per heavy atom. The van der Waals surface area contributed by atoms with Crippen LogP contribution < -0.4 is 5.32 Å².